The monoisotopic (exact) mass is 431 g/mol. The molecule has 0 saturated carbocycles. The number of H-pyrrole nitrogens is 2. The van der Waals surface area contributed by atoms with Crippen LogP contribution in [0.2, 0.25) is 0 Å². The maximum absolute atomic E-state index is 13.5. The van der Waals surface area contributed by atoms with Crippen LogP contribution in [0.4, 0.5) is 10.1 Å². The predicted molar refractivity (Wildman–Crippen MR) is 106 cm³/mol. The van der Waals surface area contributed by atoms with Crippen molar-refractivity contribution in [3.05, 3.63) is 92.5 Å². The first-order chi connectivity index (χ1) is 14.3. The minimum absolute atomic E-state index is 0.00802. The van der Waals surface area contributed by atoms with E-state index < -0.39 is 37.9 Å². The van der Waals surface area contributed by atoms with Gasteiger partial charge in [-0.15, -0.1) is 0 Å². The minimum atomic E-state index is -4.33. The Bertz CT molecular complexity index is 1350. The van der Waals surface area contributed by atoms with E-state index in [0.29, 0.717) is 0 Å². The molecule has 4 N–H and O–H groups in total. The number of nitrogens with one attached hydrogen (secondary N) is 4. The van der Waals surface area contributed by atoms with Gasteiger partial charge < -0.3 is 4.98 Å². The van der Waals surface area contributed by atoms with Crippen molar-refractivity contribution < 1.29 is 17.6 Å². The van der Waals surface area contributed by atoms with Gasteiger partial charge in [0.2, 0.25) is 0 Å². The fourth-order valence-electron chi connectivity index (χ4n) is 2.34. The molecule has 0 fully saturated rings. The first-order valence-electron chi connectivity index (χ1n) is 8.29. The van der Waals surface area contributed by atoms with E-state index >= 15 is 0 Å². The van der Waals surface area contributed by atoms with E-state index in [1.54, 1.807) is 6.07 Å². The van der Waals surface area contributed by atoms with Gasteiger partial charge in [-0.2, -0.15) is 5.10 Å². The summed E-state index contributed by atoms with van der Waals surface area (Å²) >= 11 is 0. The van der Waals surface area contributed by atoms with Crippen LogP contribution < -0.4 is 21.4 Å². The summed E-state index contributed by atoms with van der Waals surface area (Å²) in [5, 5.41) is 3.67. The Morgan fingerprint density at radius 2 is 1.87 bits per heavy atom. The number of halogens is 1. The predicted octanol–water partition coefficient (Wildman–Crippen LogP) is 0.767. The second-order valence-corrected chi connectivity index (χ2v) is 7.49. The van der Waals surface area contributed by atoms with Gasteiger partial charge >= 0.3 is 5.69 Å². The molecule has 12 heteroatoms. The van der Waals surface area contributed by atoms with Crippen molar-refractivity contribution in [3.8, 4) is 0 Å². The number of hydrogen-bond acceptors (Lipinski definition) is 6. The van der Waals surface area contributed by atoms with Crippen molar-refractivity contribution in [2.75, 3.05) is 4.72 Å². The van der Waals surface area contributed by atoms with Gasteiger partial charge in [-0.05, 0) is 24.3 Å². The third kappa shape index (κ3) is 4.86. The number of amides is 1. The van der Waals surface area contributed by atoms with Crippen molar-refractivity contribution in [2.24, 2.45) is 5.10 Å². The third-order valence-corrected chi connectivity index (χ3v) is 5.11. The Hall–Kier alpha value is -4.06. The molecule has 1 aromatic heterocycles. The lowest BCUT2D eigenvalue weighted by Crippen LogP contribution is -2.29. The van der Waals surface area contributed by atoms with E-state index in [9.17, 15) is 27.2 Å². The highest BCUT2D eigenvalue weighted by Crippen LogP contribution is 2.15. The van der Waals surface area contributed by atoms with Crippen molar-refractivity contribution in [1.82, 2.24) is 15.4 Å². The SMILES string of the molecule is O=C(N/N=C/c1ccccc1F)c1cccc(NS(=O)(=O)c2c[nH]c(=O)[nH]c2=O)c1. The topological polar surface area (TPSA) is 153 Å². The summed E-state index contributed by atoms with van der Waals surface area (Å²) in [4.78, 5) is 38.1. The lowest BCUT2D eigenvalue weighted by atomic mass is 10.2. The molecule has 0 unspecified atom stereocenters. The number of aromatic nitrogens is 2. The summed E-state index contributed by atoms with van der Waals surface area (Å²) in [5.74, 6) is -1.19. The molecule has 2 aromatic carbocycles. The number of carbonyl (C=O) groups is 1. The van der Waals surface area contributed by atoms with Gasteiger partial charge in [0.05, 0.1) is 6.21 Å². The zero-order valence-electron chi connectivity index (χ0n) is 15.0. The number of carbonyl (C=O) groups excluding carboxylic acids is 1. The highest BCUT2D eigenvalue weighted by atomic mass is 32.2. The molecule has 1 heterocycles. The number of sulfonamides is 1. The van der Waals surface area contributed by atoms with E-state index in [1.807, 2.05) is 4.98 Å². The van der Waals surface area contributed by atoms with Crippen LogP contribution >= 0.6 is 0 Å². The lowest BCUT2D eigenvalue weighted by Gasteiger charge is -2.08. The normalized spacial score (nSPS) is 11.4. The van der Waals surface area contributed by atoms with Gasteiger partial charge in [0.25, 0.3) is 21.5 Å². The highest BCUT2D eigenvalue weighted by molar-refractivity contribution is 7.92. The van der Waals surface area contributed by atoms with Gasteiger partial charge in [-0.3, -0.25) is 19.3 Å². The Morgan fingerprint density at radius 1 is 1.10 bits per heavy atom. The van der Waals surface area contributed by atoms with E-state index in [4.69, 9.17) is 0 Å². The maximum atomic E-state index is 13.5. The van der Waals surface area contributed by atoms with E-state index in [-0.39, 0.29) is 16.8 Å². The molecular weight excluding hydrogens is 417 g/mol. The zero-order chi connectivity index (χ0) is 21.7. The molecule has 0 aliphatic rings. The summed E-state index contributed by atoms with van der Waals surface area (Å²) in [6.07, 6.45) is 1.89. The summed E-state index contributed by atoms with van der Waals surface area (Å²) in [7, 11) is -4.33. The molecule has 0 bridgehead atoms. The second kappa shape index (κ2) is 8.53. The van der Waals surface area contributed by atoms with Crippen LogP contribution in [0.3, 0.4) is 0 Å². The molecule has 3 rings (SSSR count). The van der Waals surface area contributed by atoms with Gasteiger partial charge in [-0.25, -0.2) is 23.0 Å². The maximum Gasteiger partial charge on any atom is 0.325 e. The Kier molecular flexibility index (Phi) is 5.88. The molecule has 0 spiro atoms. The number of anilines is 1. The average Bonchev–Trinajstić information content (AvgIpc) is 2.69. The number of hydrazone groups is 1. The molecule has 1 amide bonds. The van der Waals surface area contributed by atoms with Gasteiger partial charge in [0.15, 0.2) is 4.90 Å². The quantitative estimate of drug-likeness (QED) is 0.335. The third-order valence-electron chi connectivity index (χ3n) is 3.73. The van der Waals surface area contributed by atoms with Crippen LogP contribution in [0.1, 0.15) is 15.9 Å². The average molecular weight is 431 g/mol. The van der Waals surface area contributed by atoms with Gasteiger partial charge in [0.1, 0.15) is 5.82 Å². The molecule has 0 aliphatic carbocycles. The Balaban J connectivity index is 1.75. The highest BCUT2D eigenvalue weighted by Gasteiger charge is 2.19. The fourth-order valence-corrected chi connectivity index (χ4v) is 3.39. The first kappa shape index (κ1) is 20.7. The number of nitrogens with zero attached hydrogens (tertiary/aromatic N) is 1. The molecule has 10 nitrogen and oxygen atoms in total. The first-order valence-corrected chi connectivity index (χ1v) is 9.77. The van der Waals surface area contributed by atoms with Crippen LogP contribution in [-0.4, -0.2) is 30.5 Å². The smallest absolute Gasteiger partial charge is 0.313 e. The molecule has 0 radical (unpaired) electrons. The second-order valence-electron chi connectivity index (χ2n) is 5.84. The molecule has 154 valence electrons. The molecule has 0 saturated heterocycles. The largest absolute Gasteiger partial charge is 0.325 e. The zero-order valence-corrected chi connectivity index (χ0v) is 15.9. The van der Waals surface area contributed by atoms with Crippen molar-refractivity contribution in [2.45, 2.75) is 4.90 Å². The molecule has 0 atom stereocenters. The fraction of sp³-hybridized carbons (Fsp3) is 0. The molecule has 3 aromatic rings. The van der Waals surface area contributed by atoms with Crippen LogP contribution in [0, 0.1) is 5.82 Å². The molecule has 0 aliphatic heterocycles. The number of rotatable bonds is 6. The van der Waals surface area contributed by atoms with Crippen LogP contribution in [-0.2, 0) is 10.0 Å². The summed E-state index contributed by atoms with van der Waals surface area (Å²) < 4.78 is 40.4. The minimum Gasteiger partial charge on any atom is -0.313 e. The Morgan fingerprint density at radius 3 is 2.60 bits per heavy atom. The van der Waals surface area contributed by atoms with E-state index in [0.717, 1.165) is 12.4 Å². The van der Waals surface area contributed by atoms with Crippen LogP contribution in [0.15, 0.2) is 74.3 Å². The van der Waals surface area contributed by atoms with Crippen molar-refractivity contribution in [3.63, 3.8) is 0 Å². The standard InChI is InChI=1S/C18H14FN5O5S/c19-14-7-2-1-4-12(14)9-21-23-16(25)11-5-3-6-13(8-11)24-30(28,29)15-10-20-18(27)22-17(15)26/h1-10,24H,(H,23,25)(H2,20,22,26,27)/b21-9+. The summed E-state index contributed by atoms with van der Waals surface area (Å²) in [6.45, 7) is 0. The van der Waals surface area contributed by atoms with E-state index in [1.165, 1.54) is 42.5 Å². The van der Waals surface area contributed by atoms with Crippen LogP contribution in [0.25, 0.3) is 0 Å². The number of hydrogen-bond donors (Lipinski definition) is 4. The summed E-state index contributed by atoms with van der Waals surface area (Å²) in [5.41, 5.74) is 0.471. The van der Waals surface area contributed by atoms with E-state index in [2.05, 4.69) is 20.2 Å². The lowest BCUT2D eigenvalue weighted by molar-refractivity contribution is 0.0955. The molecule has 30 heavy (non-hydrogen) atoms. The number of benzene rings is 2. The Labute approximate surface area is 168 Å². The summed E-state index contributed by atoms with van der Waals surface area (Å²) in [6, 6.07) is 11.2. The van der Waals surface area contributed by atoms with Crippen LogP contribution in [0.5, 0.6) is 0 Å². The number of aromatic amines is 2. The molecular formula is C18H14FN5O5S. The van der Waals surface area contributed by atoms with Crippen molar-refractivity contribution >= 4 is 27.8 Å². The van der Waals surface area contributed by atoms with Gasteiger partial charge in [0, 0.05) is 23.0 Å². The van der Waals surface area contributed by atoms with Gasteiger partial charge in [-0.1, -0.05) is 24.3 Å². The van der Waals surface area contributed by atoms with Crippen molar-refractivity contribution in [1.29, 1.82) is 0 Å².